The predicted octanol–water partition coefficient (Wildman–Crippen LogP) is 22.6. The Kier molecular flexibility index (Phi) is 13.9. The predicted molar refractivity (Wildman–Crippen MR) is 322 cm³/mol. The first-order valence-corrected chi connectivity index (χ1v) is 27.8. The Balaban J connectivity index is 1.46. The van der Waals surface area contributed by atoms with E-state index in [2.05, 4.69) is 258 Å². The zero-order valence-electron chi connectivity index (χ0n) is 48.2. The van der Waals surface area contributed by atoms with Gasteiger partial charge in [-0.2, -0.15) is 0 Å². The van der Waals surface area contributed by atoms with E-state index in [1.165, 1.54) is 77.2 Å². The minimum absolute atomic E-state index is 0.0147. The molecule has 0 aromatic heterocycles. The van der Waals surface area contributed by atoms with Crippen LogP contribution in [0.15, 0.2) is 133 Å². The fraction of sp³-hybridized carbons (Fsp3) is 0.389. The van der Waals surface area contributed by atoms with Crippen LogP contribution < -0.4 is 9.47 Å². The molecule has 74 heavy (non-hydrogen) atoms. The maximum absolute atomic E-state index is 7.89. The quantitative estimate of drug-likeness (QED) is 0.0798. The maximum atomic E-state index is 7.89. The third-order valence-electron chi connectivity index (χ3n) is 15.7. The number of ether oxygens (including phenoxy) is 2. The fourth-order valence-electron chi connectivity index (χ4n) is 13.2. The first-order valence-electron chi connectivity index (χ1n) is 27.8. The van der Waals surface area contributed by atoms with Crippen molar-refractivity contribution in [2.24, 2.45) is 10.8 Å². The number of benzene rings is 9. The summed E-state index contributed by atoms with van der Waals surface area (Å²) >= 11 is 0. The molecule has 9 rings (SSSR count). The molecule has 0 spiro atoms. The van der Waals surface area contributed by atoms with E-state index in [0.29, 0.717) is 0 Å². The molecule has 0 fully saturated rings. The van der Waals surface area contributed by atoms with Crippen molar-refractivity contribution in [1.29, 1.82) is 0 Å². The number of hydrogen-bond donors (Lipinski definition) is 0. The van der Waals surface area contributed by atoms with Gasteiger partial charge in [0.1, 0.15) is 23.0 Å². The van der Waals surface area contributed by atoms with E-state index in [1.54, 1.807) is 0 Å². The molecule has 9 aromatic carbocycles. The highest BCUT2D eigenvalue weighted by atomic mass is 16.5. The van der Waals surface area contributed by atoms with E-state index in [0.717, 1.165) is 57.4 Å². The van der Waals surface area contributed by atoms with Crippen LogP contribution in [0.25, 0.3) is 65.3 Å². The summed E-state index contributed by atoms with van der Waals surface area (Å²) in [6, 6.07) is 50.3. The van der Waals surface area contributed by atoms with Gasteiger partial charge in [0.25, 0.3) is 0 Å². The molecule has 2 nitrogen and oxygen atoms in total. The van der Waals surface area contributed by atoms with Crippen LogP contribution in [0.5, 0.6) is 23.0 Å². The van der Waals surface area contributed by atoms with Crippen LogP contribution in [-0.2, 0) is 10.8 Å². The summed E-state index contributed by atoms with van der Waals surface area (Å²) < 4.78 is 15.1. The summed E-state index contributed by atoms with van der Waals surface area (Å²) in [6.07, 6.45) is 2.15. The van der Waals surface area contributed by atoms with Crippen LogP contribution in [0.1, 0.15) is 195 Å². The largest absolute Gasteiger partial charge is 0.457 e. The molecule has 0 amide bonds. The Hall–Kier alpha value is -6.12. The number of rotatable bonds is 14. The summed E-state index contributed by atoms with van der Waals surface area (Å²) in [6.45, 7) is 42.3. The topological polar surface area (TPSA) is 18.5 Å². The van der Waals surface area contributed by atoms with Crippen molar-refractivity contribution in [2.45, 2.75) is 172 Å². The Morgan fingerprint density at radius 1 is 0.338 bits per heavy atom. The summed E-state index contributed by atoms with van der Waals surface area (Å²) in [5.41, 5.74) is 13.4. The van der Waals surface area contributed by atoms with Crippen molar-refractivity contribution in [3.05, 3.63) is 167 Å². The van der Waals surface area contributed by atoms with Gasteiger partial charge in [-0.05, 0) is 155 Å². The van der Waals surface area contributed by atoms with Gasteiger partial charge in [-0.3, -0.25) is 0 Å². The average Bonchev–Trinajstić information content (AvgIpc) is 3.31. The Morgan fingerprint density at radius 3 is 1.18 bits per heavy atom. The van der Waals surface area contributed by atoms with Crippen LogP contribution in [0.4, 0.5) is 0 Å². The minimum atomic E-state index is -0.0147. The molecule has 0 aliphatic heterocycles. The lowest BCUT2D eigenvalue weighted by molar-refractivity contribution is 0.283. The lowest BCUT2D eigenvalue weighted by atomic mass is 9.72. The molecule has 0 heterocycles. The second-order valence-electron chi connectivity index (χ2n) is 26.8. The first kappa shape index (κ1) is 52.7. The van der Waals surface area contributed by atoms with Gasteiger partial charge in [0.15, 0.2) is 0 Å². The maximum Gasteiger partial charge on any atom is 0.144 e. The smallest absolute Gasteiger partial charge is 0.144 e. The molecule has 0 aliphatic carbocycles. The normalized spacial score (nSPS) is 13.1. The molecule has 0 N–H and O–H groups in total. The molecule has 0 saturated carbocycles. The molecule has 384 valence electrons. The van der Waals surface area contributed by atoms with Gasteiger partial charge in [0.2, 0.25) is 0 Å². The molecule has 0 aliphatic rings. The second kappa shape index (κ2) is 19.5. The van der Waals surface area contributed by atoms with Gasteiger partial charge in [0.05, 0.1) is 0 Å². The molecular weight excluding hydrogens is 897 g/mol. The Bertz CT molecular complexity index is 3440. The van der Waals surface area contributed by atoms with E-state index < -0.39 is 0 Å². The molecule has 0 radical (unpaired) electrons. The minimum Gasteiger partial charge on any atom is -0.457 e. The Labute approximate surface area is 445 Å². The van der Waals surface area contributed by atoms with Crippen molar-refractivity contribution in [3.8, 4) is 45.3 Å². The zero-order valence-corrected chi connectivity index (χ0v) is 48.2. The summed E-state index contributed by atoms with van der Waals surface area (Å²) in [4.78, 5) is 0. The second-order valence-corrected chi connectivity index (χ2v) is 26.8. The van der Waals surface area contributed by atoms with Crippen LogP contribution >= 0.6 is 0 Å². The first-order chi connectivity index (χ1) is 34.8. The van der Waals surface area contributed by atoms with E-state index >= 15 is 0 Å². The van der Waals surface area contributed by atoms with Crippen LogP contribution in [0.3, 0.4) is 0 Å². The fourth-order valence-corrected chi connectivity index (χ4v) is 13.2. The van der Waals surface area contributed by atoms with E-state index in [1.807, 2.05) is 0 Å². The highest BCUT2D eigenvalue weighted by molar-refractivity contribution is 6.38. The van der Waals surface area contributed by atoms with Crippen molar-refractivity contribution in [1.82, 2.24) is 0 Å². The van der Waals surface area contributed by atoms with E-state index in [9.17, 15) is 0 Å². The Morgan fingerprint density at radius 2 is 0.730 bits per heavy atom. The van der Waals surface area contributed by atoms with Crippen molar-refractivity contribution < 1.29 is 9.47 Å². The molecule has 0 saturated heterocycles. The van der Waals surface area contributed by atoms with Gasteiger partial charge < -0.3 is 9.47 Å². The van der Waals surface area contributed by atoms with Crippen LogP contribution in [0.2, 0.25) is 0 Å². The van der Waals surface area contributed by atoms with Crippen molar-refractivity contribution >= 4 is 43.1 Å². The molecule has 0 bridgehead atoms. The molecule has 9 aromatic rings. The SMILES string of the molecule is CC(C)c1cccc(C(C)C)c1-c1c(-c2c(C(C)C)cccc2C(C)C)c2cccc3c4c(Oc5ccc(C(C)(C)CC(C)(C)C)cc5)ccc5cccc(c(c1Oc1ccc(C(C)(C)CC(C)(C)C)cc1)c23)c54. The van der Waals surface area contributed by atoms with Crippen molar-refractivity contribution in [3.63, 3.8) is 0 Å². The van der Waals surface area contributed by atoms with Crippen LogP contribution in [0, 0.1) is 10.8 Å². The standard InChI is InChI=1S/C72H84O2/c1-43(2)52-24-20-25-53(44(3)4)61(52)65-58-30-22-29-57-63(58)66(56-28-19-23-47-31-40-59(64(57)60(47)56)73-50-36-32-48(33-37-50)71(15,16)41-69(9,10)11)68(67(65)62-54(45(5)6)26-21-27-55(62)46(7)8)74-51-38-34-49(35-39-51)72(17,18)42-70(12,13)14/h19-40,43-46H,41-42H2,1-18H3. The third kappa shape index (κ3) is 9.96. The van der Waals surface area contributed by atoms with Crippen molar-refractivity contribution in [2.75, 3.05) is 0 Å². The molecule has 2 heteroatoms. The molecule has 0 unspecified atom stereocenters. The lowest BCUT2D eigenvalue weighted by Gasteiger charge is -2.33. The van der Waals surface area contributed by atoms with Gasteiger partial charge >= 0.3 is 0 Å². The van der Waals surface area contributed by atoms with Gasteiger partial charge in [-0.15, -0.1) is 0 Å². The van der Waals surface area contributed by atoms with E-state index in [-0.39, 0.29) is 45.3 Å². The highest BCUT2D eigenvalue weighted by Gasteiger charge is 2.34. The molecular formula is C72H84O2. The summed E-state index contributed by atoms with van der Waals surface area (Å²) in [5.74, 6) is 4.45. The van der Waals surface area contributed by atoms with Gasteiger partial charge in [0, 0.05) is 32.7 Å². The third-order valence-corrected chi connectivity index (χ3v) is 15.7. The summed E-state index contributed by atoms with van der Waals surface area (Å²) in [7, 11) is 0. The van der Waals surface area contributed by atoms with Gasteiger partial charge in [-0.25, -0.2) is 0 Å². The molecule has 0 atom stereocenters. The number of fused-ring (bicyclic) bond motifs is 2. The monoisotopic (exact) mass is 981 g/mol. The lowest BCUT2D eigenvalue weighted by Crippen LogP contribution is -2.24. The number of hydrogen-bond acceptors (Lipinski definition) is 2. The zero-order chi connectivity index (χ0) is 53.4. The van der Waals surface area contributed by atoms with Gasteiger partial charge in [-0.1, -0.05) is 228 Å². The average molecular weight is 981 g/mol. The highest BCUT2D eigenvalue weighted by Crippen LogP contribution is 2.58. The van der Waals surface area contributed by atoms with Crippen LogP contribution in [-0.4, -0.2) is 0 Å². The summed E-state index contributed by atoms with van der Waals surface area (Å²) in [5, 5.41) is 9.35. The van der Waals surface area contributed by atoms with E-state index in [4.69, 9.17) is 9.47 Å².